The summed E-state index contributed by atoms with van der Waals surface area (Å²) in [6.07, 6.45) is 1.02. The summed E-state index contributed by atoms with van der Waals surface area (Å²) in [5.41, 5.74) is -0.0361. The molecular weight excluding hydrogens is 270 g/mol. The standard InChI is InChI=1S/C13H8F2N2O3/c14-11-8(3-4-16-12(11)15)13(18)17-7-1-2-9-10(5-7)20-6-19-9/h1-5H,6H2,(H,17,18). The molecule has 0 atom stereocenters. The smallest absolute Gasteiger partial charge is 0.258 e. The monoisotopic (exact) mass is 278 g/mol. The Kier molecular flexibility index (Phi) is 2.94. The van der Waals surface area contributed by atoms with Gasteiger partial charge in [0.05, 0.1) is 5.56 Å². The molecule has 1 aliphatic heterocycles. The number of rotatable bonds is 2. The predicted octanol–water partition coefficient (Wildman–Crippen LogP) is 2.34. The van der Waals surface area contributed by atoms with E-state index in [-0.39, 0.29) is 6.79 Å². The average Bonchev–Trinajstić information content (AvgIpc) is 2.89. The average molecular weight is 278 g/mol. The van der Waals surface area contributed by atoms with E-state index in [1.807, 2.05) is 0 Å². The minimum atomic E-state index is -1.32. The Labute approximate surface area is 112 Å². The van der Waals surface area contributed by atoms with E-state index < -0.39 is 23.2 Å². The van der Waals surface area contributed by atoms with Crippen molar-refractivity contribution in [2.24, 2.45) is 0 Å². The second-order valence-corrected chi connectivity index (χ2v) is 3.99. The third-order valence-corrected chi connectivity index (χ3v) is 2.72. The lowest BCUT2D eigenvalue weighted by Gasteiger charge is -2.07. The van der Waals surface area contributed by atoms with E-state index in [9.17, 15) is 13.6 Å². The summed E-state index contributed by atoms with van der Waals surface area (Å²) in [4.78, 5) is 15.0. The Balaban J connectivity index is 1.84. The lowest BCUT2D eigenvalue weighted by atomic mass is 10.2. The maximum Gasteiger partial charge on any atom is 0.258 e. The summed E-state index contributed by atoms with van der Waals surface area (Å²) in [7, 11) is 0. The van der Waals surface area contributed by atoms with Crippen LogP contribution >= 0.6 is 0 Å². The second-order valence-electron chi connectivity index (χ2n) is 3.99. The highest BCUT2D eigenvalue weighted by Gasteiger charge is 2.18. The second kappa shape index (κ2) is 4.76. The van der Waals surface area contributed by atoms with E-state index in [0.29, 0.717) is 17.2 Å². The third-order valence-electron chi connectivity index (χ3n) is 2.72. The molecule has 102 valence electrons. The van der Waals surface area contributed by atoms with Crippen molar-refractivity contribution in [2.75, 3.05) is 12.1 Å². The Morgan fingerprint density at radius 3 is 2.85 bits per heavy atom. The third kappa shape index (κ3) is 2.13. The maximum atomic E-state index is 13.4. The van der Waals surface area contributed by atoms with Crippen LogP contribution in [0.2, 0.25) is 0 Å². The van der Waals surface area contributed by atoms with Gasteiger partial charge in [-0.25, -0.2) is 9.37 Å². The van der Waals surface area contributed by atoms with Gasteiger partial charge in [-0.05, 0) is 18.2 Å². The topological polar surface area (TPSA) is 60.5 Å². The SMILES string of the molecule is O=C(Nc1ccc2c(c1)OCO2)c1ccnc(F)c1F. The number of carbonyl (C=O) groups excluding carboxylic acids is 1. The minimum absolute atomic E-state index is 0.108. The molecule has 5 nitrogen and oxygen atoms in total. The van der Waals surface area contributed by atoms with Crippen molar-refractivity contribution >= 4 is 11.6 Å². The molecule has 2 heterocycles. The van der Waals surface area contributed by atoms with Gasteiger partial charge in [-0.15, -0.1) is 0 Å². The fourth-order valence-electron chi connectivity index (χ4n) is 1.77. The van der Waals surface area contributed by atoms with Gasteiger partial charge in [0.1, 0.15) is 0 Å². The van der Waals surface area contributed by atoms with Crippen LogP contribution in [0.25, 0.3) is 0 Å². The molecular formula is C13H8F2N2O3. The zero-order chi connectivity index (χ0) is 14.1. The predicted molar refractivity (Wildman–Crippen MR) is 64.7 cm³/mol. The summed E-state index contributed by atoms with van der Waals surface area (Å²) in [6, 6.07) is 5.82. The molecule has 1 aromatic carbocycles. The molecule has 2 aromatic rings. The number of amides is 1. The number of ether oxygens (including phenoxy) is 2. The van der Waals surface area contributed by atoms with Crippen molar-refractivity contribution in [1.82, 2.24) is 4.98 Å². The molecule has 0 saturated heterocycles. The van der Waals surface area contributed by atoms with Crippen molar-refractivity contribution < 1.29 is 23.0 Å². The molecule has 1 aliphatic rings. The number of fused-ring (bicyclic) bond motifs is 1. The van der Waals surface area contributed by atoms with E-state index in [4.69, 9.17) is 9.47 Å². The van der Waals surface area contributed by atoms with Crippen LogP contribution in [0.3, 0.4) is 0 Å². The molecule has 3 rings (SSSR count). The van der Waals surface area contributed by atoms with Gasteiger partial charge in [0.25, 0.3) is 5.91 Å². The van der Waals surface area contributed by atoms with Crippen molar-refractivity contribution in [3.8, 4) is 11.5 Å². The molecule has 7 heteroatoms. The molecule has 0 bridgehead atoms. The highest BCUT2D eigenvalue weighted by Crippen LogP contribution is 2.34. The Morgan fingerprint density at radius 1 is 1.20 bits per heavy atom. The number of pyridine rings is 1. The Bertz CT molecular complexity index is 691. The van der Waals surface area contributed by atoms with Crippen LogP contribution in [0.1, 0.15) is 10.4 Å². The Morgan fingerprint density at radius 2 is 2.00 bits per heavy atom. The van der Waals surface area contributed by atoms with Crippen molar-refractivity contribution in [3.63, 3.8) is 0 Å². The van der Waals surface area contributed by atoms with Gasteiger partial charge in [-0.1, -0.05) is 0 Å². The van der Waals surface area contributed by atoms with Gasteiger partial charge >= 0.3 is 0 Å². The first-order valence-corrected chi connectivity index (χ1v) is 5.66. The van der Waals surface area contributed by atoms with Gasteiger partial charge in [-0.3, -0.25) is 4.79 Å². The van der Waals surface area contributed by atoms with E-state index >= 15 is 0 Å². The summed E-state index contributed by atoms with van der Waals surface area (Å²) in [5, 5.41) is 2.45. The first-order chi connectivity index (χ1) is 9.65. The maximum absolute atomic E-state index is 13.4. The Hall–Kier alpha value is -2.70. The molecule has 1 aromatic heterocycles. The number of hydrogen-bond acceptors (Lipinski definition) is 4. The van der Waals surface area contributed by atoms with Crippen molar-refractivity contribution in [2.45, 2.75) is 0 Å². The lowest BCUT2D eigenvalue weighted by Crippen LogP contribution is -2.15. The van der Waals surface area contributed by atoms with Crippen LogP contribution in [0.5, 0.6) is 11.5 Å². The molecule has 0 fully saturated rings. The van der Waals surface area contributed by atoms with Crippen LogP contribution in [0.15, 0.2) is 30.5 Å². The molecule has 0 saturated carbocycles. The van der Waals surface area contributed by atoms with E-state index in [2.05, 4.69) is 10.3 Å². The largest absolute Gasteiger partial charge is 0.454 e. The highest BCUT2D eigenvalue weighted by molar-refractivity contribution is 6.04. The zero-order valence-electron chi connectivity index (χ0n) is 10.0. The number of aromatic nitrogens is 1. The fraction of sp³-hybridized carbons (Fsp3) is 0.0769. The van der Waals surface area contributed by atoms with Gasteiger partial charge in [0.2, 0.25) is 12.7 Å². The molecule has 0 aliphatic carbocycles. The number of halogens is 2. The summed E-state index contributed by atoms with van der Waals surface area (Å²) < 4.78 is 36.7. The van der Waals surface area contributed by atoms with Crippen LogP contribution in [0, 0.1) is 11.8 Å². The van der Waals surface area contributed by atoms with E-state index in [1.54, 1.807) is 12.1 Å². The van der Waals surface area contributed by atoms with Crippen molar-refractivity contribution in [3.05, 3.63) is 47.8 Å². The molecule has 20 heavy (non-hydrogen) atoms. The first-order valence-electron chi connectivity index (χ1n) is 5.66. The number of hydrogen-bond donors (Lipinski definition) is 1. The van der Waals surface area contributed by atoms with Gasteiger partial charge in [0.15, 0.2) is 17.3 Å². The number of nitrogens with one attached hydrogen (secondary N) is 1. The fourth-order valence-corrected chi connectivity index (χ4v) is 1.77. The minimum Gasteiger partial charge on any atom is -0.454 e. The number of benzene rings is 1. The lowest BCUT2D eigenvalue weighted by molar-refractivity contribution is 0.102. The van der Waals surface area contributed by atoms with Crippen molar-refractivity contribution in [1.29, 1.82) is 0 Å². The molecule has 1 amide bonds. The van der Waals surface area contributed by atoms with Crippen LogP contribution < -0.4 is 14.8 Å². The first kappa shape index (κ1) is 12.3. The van der Waals surface area contributed by atoms with Gasteiger partial charge in [0, 0.05) is 18.0 Å². The molecule has 0 spiro atoms. The van der Waals surface area contributed by atoms with Crippen LogP contribution in [-0.4, -0.2) is 17.7 Å². The summed E-state index contributed by atoms with van der Waals surface area (Å²) in [6.45, 7) is 0.108. The molecule has 0 radical (unpaired) electrons. The van der Waals surface area contributed by atoms with Crippen LogP contribution in [-0.2, 0) is 0 Å². The number of nitrogens with zero attached hydrogens (tertiary/aromatic N) is 1. The van der Waals surface area contributed by atoms with Gasteiger partial charge < -0.3 is 14.8 Å². The molecule has 0 unspecified atom stereocenters. The highest BCUT2D eigenvalue weighted by atomic mass is 19.2. The summed E-state index contributed by atoms with van der Waals surface area (Å²) in [5.74, 6) is -2.34. The normalized spacial score (nSPS) is 12.3. The quantitative estimate of drug-likeness (QED) is 0.856. The number of carbonyl (C=O) groups is 1. The van der Waals surface area contributed by atoms with Gasteiger partial charge in [-0.2, -0.15) is 4.39 Å². The zero-order valence-corrected chi connectivity index (χ0v) is 10.0. The van der Waals surface area contributed by atoms with E-state index in [1.165, 1.54) is 6.07 Å². The molecule has 1 N–H and O–H groups in total. The van der Waals surface area contributed by atoms with E-state index in [0.717, 1.165) is 12.3 Å². The number of anilines is 1. The summed E-state index contributed by atoms with van der Waals surface area (Å²) >= 11 is 0. The van der Waals surface area contributed by atoms with Crippen LogP contribution in [0.4, 0.5) is 14.5 Å².